The van der Waals surface area contributed by atoms with Gasteiger partial charge in [0.1, 0.15) is 19.3 Å². The number of hydrogen-bond acceptors (Lipinski definition) is 15. The summed E-state index contributed by atoms with van der Waals surface area (Å²) < 4.78 is 68.2. The molecule has 0 rings (SSSR count). The third kappa shape index (κ3) is 65.4. The summed E-state index contributed by atoms with van der Waals surface area (Å²) in [4.78, 5) is 72.5. The number of phosphoric acid groups is 2. The molecule has 19 heteroatoms. The molecule has 0 aromatic rings. The first-order chi connectivity index (χ1) is 44.4. The minimum Gasteiger partial charge on any atom is -0.462 e. The van der Waals surface area contributed by atoms with Gasteiger partial charge in [0.25, 0.3) is 0 Å². The largest absolute Gasteiger partial charge is 0.472 e. The van der Waals surface area contributed by atoms with Crippen LogP contribution in [-0.4, -0.2) is 96.7 Å². The SMILES string of the molecule is CCCCCCCCCCCCCCC(=O)OC[C@H](COP(=O)(O)OC[C@@H](O)COP(=O)(O)OC[C@@H](COC(=O)CCCCCCCCC)OC(=O)CCCCCCCCCCC(C)C)OC(=O)CCCCCCCCCCCCCCCCCCCCC(C)CC. The molecule has 17 nitrogen and oxygen atoms in total. The van der Waals surface area contributed by atoms with Crippen LogP contribution < -0.4 is 0 Å². The molecule has 546 valence electrons. The second kappa shape index (κ2) is 65.0. The quantitative estimate of drug-likeness (QED) is 0.0222. The topological polar surface area (TPSA) is 237 Å². The molecule has 0 aliphatic rings. The first-order valence-electron chi connectivity index (χ1n) is 38.0. The number of ether oxygens (including phenoxy) is 4. The molecule has 0 radical (unpaired) electrons. The van der Waals surface area contributed by atoms with Crippen molar-refractivity contribution in [3.8, 4) is 0 Å². The smallest absolute Gasteiger partial charge is 0.462 e. The Labute approximate surface area is 562 Å². The third-order valence-electron chi connectivity index (χ3n) is 17.3. The summed E-state index contributed by atoms with van der Waals surface area (Å²) in [6.07, 6.45) is 51.6. The fraction of sp³-hybridized carbons (Fsp3) is 0.945. The number of aliphatic hydroxyl groups excluding tert-OH is 1. The van der Waals surface area contributed by atoms with Crippen LogP contribution in [0.5, 0.6) is 0 Å². The van der Waals surface area contributed by atoms with Crippen molar-refractivity contribution in [3.63, 3.8) is 0 Å². The lowest BCUT2D eigenvalue weighted by Crippen LogP contribution is -2.30. The maximum absolute atomic E-state index is 13.0. The maximum atomic E-state index is 13.0. The number of carbonyl (C=O) groups is 4. The maximum Gasteiger partial charge on any atom is 0.472 e. The molecule has 0 aromatic heterocycles. The Morgan fingerprint density at radius 1 is 0.315 bits per heavy atom. The molecule has 0 aromatic carbocycles. The van der Waals surface area contributed by atoms with E-state index in [0.717, 1.165) is 115 Å². The third-order valence-corrected chi connectivity index (χ3v) is 19.2. The van der Waals surface area contributed by atoms with E-state index in [-0.39, 0.29) is 25.7 Å². The fourth-order valence-electron chi connectivity index (χ4n) is 11.1. The highest BCUT2D eigenvalue weighted by Crippen LogP contribution is 2.45. The molecule has 3 unspecified atom stereocenters. The summed E-state index contributed by atoms with van der Waals surface area (Å²) in [5, 5.41) is 10.6. The Kier molecular flexibility index (Phi) is 63.7. The van der Waals surface area contributed by atoms with Crippen molar-refractivity contribution < 1.29 is 80.2 Å². The van der Waals surface area contributed by atoms with E-state index in [4.69, 9.17) is 37.0 Å². The van der Waals surface area contributed by atoms with Gasteiger partial charge >= 0.3 is 39.5 Å². The summed E-state index contributed by atoms with van der Waals surface area (Å²) in [6.45, 7) is 9.55. The first kappa shape index (κ1) is 90.1. The number of carbonyl (C=O) groups excluding carboxylic acids is 4. The number of rotatable bonds is 72. The van der Waals surface area contributed by atoms with Crippen LogP contribution in [0.3, 0.4) is 0 Å². The second-order valence-corrected chi connectivity index (χ2v) is 30.0. The van der Waals surface area contributed by atoms with Gasteiger partial charge in [0, 0.05) is 25.7 Å². The Hall–Kier alpha value is -1.94. The Balaban J connectivity index is 5.13. The lowest BCUT2D eigenvalue weighted by Gasteiger charge is -2.21. The molecule has 0 heterocycles. The van der Waals surface area contributed by atoms with Crippen LogP contribution in [0.1, 0.15) is 375 Å². The molecule has 0 saturated carbocycles. The summed E-state index contributed by atoms with van der Waals surface area (Å²) in [5.41, 5.74) is 0. The van der Waals surface area contributed by atoms with Crippen LogP contribution in [-0.2, 0) is 65.4 Å². The Bertz CT molecular complexity index is 1790. The second-order valence-electron chi connectivity index (χ2n) is 27.1. The average Bonchev–Trinajstić information content (AvgIpc) is 2.51. The minimum atomic E-state index is -4.95. The number of hydrogen-bond donors (Lipinski definition) is 3. The first-order valence-corrected chi connectivity index (χ1v) is 41.0. The molecule has 0 bridgehead atoms. The Morgan fingerprint density at radius 2 is 0.554 bits per heavy atom. The monoisotopic (exact) mass is 1350 g/mol. The molecule has 0 aliphatic carbocycles. The van der Waals surface area contributed by atoms with Crippen LogP contribution in [0.25, 0.3) is 0 Å². The summed E-state index contributed by atoms with van der Waals surface area (Å²) in [7, 11) is -9.90. The van der Waals surface area contributed by atoms with E-state index in [1.54, 1.807) is 0 Å². The molecule has 0 aliphatic heterocycles. The van der Waals surface area contributed by atoms with Crippen molar-refractivity contribution in [2.45, 2.75) is 394 Å². The number of aliphatic hydroxyl groups is 1. The van der Waals surface area contributed by atoms with E-state index < -0.39 is 97.5 Å². The van der Waals surface area contributed by atoms with E-state index in [9.17, 15) is 43.2 Å². The van der Waals surface area contributed by atoms with E-state index in [0.29, 0.717) is 25.7 Å². The van der Waals surface area contributed by atoms with Gasteiger partial charge in [-0.25, -0.2) is 9.13 Å². The normalized spacial score (nSPS) is 14.4. The molecule has 0 saturated heterocycles. The average molecular weight is 1350 g/mol. The van der Waals surface area contributed by atoms with Crippen molar-refractivity contribution in [1.82, 2.24) is 0 Å². The molecule has 6 atom stereocenters. The van der Waals surface area contributed by atoms with Crippen molar-refractivity contribution >= 4 is 39.5 Å². The predicted octanol–water partition coefficient (Wildman–Crippen LogP) is 21.2. The molecule has 92 heavy (non-hydrogen) atoms. The van der Waals surface area contributed by atoms with Crippen LogP contribution in [0.15, 0.2) is 0 Å². The lowest BCUT2D eigenvalue weighted by molar-refractivity contribution is -0.161. The van der Waals surface area contributed by atoms with Crippen molar-refractivity contribution in [2.24, 2.45) is 11.8 Å². The van der Waals surface area contributed by atoms with Gasteiger partial charge in [-0.1, -0.05) is 324 Å². The number of unbranched alkanes of at least 4 members (excludes halogenated alkanes) is 41. The molecular formula is C73H142O17P2. The molecule has 0 spiro atoms. The Morgan fingerprint density at radius 3 is 0.826 bits per heavy atom. The zero-order valence-corrected chi connectivity index (χ0v) is 61.6. The van der Waals surface area contributed by atoms with Crippen molar-refractivity contribution in [2.75, 3.05) is 39.6 Å². The van der Waals surface area contributed by atoms with E-state index in [1.807, 2.05) is 0 Å². The van der Waals surface area contributed by atoms with Crippen LogP contribution in [0.2, 0.25) is 0 Å². The highest BCUT2D eigenvalue weighted by molar-refractivity contribution is 7.47. The van der Waals surface area contributed by atoms with Gasteiger partial charge in [0.15, 0.2) is 12.2 Å². The van der Waals surface area contributed by atoms with Gasteiger partial charge in [0.2, 0.25) is 0 Å². The summed E-state index contributed by atoms with van der Waals surface area (Å²) >= 11 is 0. The van der Waals surface area contributed by atoms with Gasteiger partial charge in [-0.05, 0) is 37.5 Å². The highest BCUT2D eigenvalue weighted by atomic mass is 31.2. The standard InChI is InChI=1S/C73H142O17P2/c1-7-10-12-14-16-17-18-28-31-38-44-50-56-71(76)84-62-69(89-72(77)57-51-45-39-32-29-26-24-22-20-19-21-23-25-27-30-37-42-48-54-66(6)9-3)64-88-92(81,82)86-60-67(74)59-85-91(79,80)87-63-68(61-83-70(75)55-49-43-35-15-13-11-8-2)90-73(78)58-52-46-40-34-33-36-41-47-53-65(4)5/h65-69,74H,7-64H2,1-6H3,(H,79,80)(H,81,82)/t66?,67-,68+,69+/m0/s1. The van der Waals surface area contributed by atoms with Gasteiger partial charge in [0.05, 0.1) is 26.4 Å². The number of esters is 4. The van der Waals surface area contributed by atoms with E-state index in [2.05, 4.69) is 41.5 Å². The lowest BCUT2D eigenvalue weighted by atomic mass is 9.99. The summed E-state index contributed by atoms with van der Waals surface area (Å²) in [6, 6.07) is 0. The zero-order valence-electron chi connectivity index (χ0n) is 59.9. The van der Waals surface area contributed by atoms with Crippen LogP contribution in [0, 0.1) is 11.8 Å². The molecule has 3 N–H and O–H groups in total. The van der Waals surface area contributed by atoms with Crippen molar-refractivity contribution in [1.29, 1.82) is 0 Å². The molecular weight excluding hydrogens is 1210 g/mol. The highest BCUT2D eigenvalue weighted by Gasteiger charge is 2.30. The van der Waals surface area contributed by atoms with Crippen LogP contribution >= 0.6 is 15.6 Å². The molecule has 0 fully saturated rings. The van der Waals surface area contributed by atoms with Gasteiger partial charge in [-0.15, -0.1) is 0 Å². The fourth-order valence-corrected chi connectivity index (χ4v) is 12.7. The summed E-state index contributed by atoms with van der Waals surface area (Å²) in [5.74, 6) is -0.537. The zero-order chi connectivity index (χ0) is 67.9. The van der Waals surface area contributed by atoms with E-state index >= 15 is 0 Å². The number of phosphoric ester groups is 2. The van der Waals surface area contributed by atoms with Gasteiger partial charge in [-0.2, -0.15) is 0 Å². The van der Waals surface area contributed by atoms with Gasteiger partial charge in [-0.3, -0.25) is 37.3 Å². The van der Waals surface area contributed by atoms with E-state index in [1.165, 1.54) is 180 Å². The van der Waals surface area contributed by atoms with Crippen molar-refractivity contribution in [3.05, 3.63) is 0 Å². The minimum absolute atomic E-state index is 0.104. The molecule has 0 amide bonds. The van der Waals surface area contributed by atoms with Gasteiger partial charge < -0.3 is 33.8 Å². The predicted molar refractivity (Wildman–Crippen MR) is 372 cm³/mol. The van der Waals surface area contributed by atoms with Crippen LogP contribution in [0.4, 0.5) is 0 Å².